The van der Waals surface area contributed by atoms with E-state index in [9.17, 15) is 58.2 Å². The Morgan fingerprint density at radius 2 is 1.60 bits per heavy atom. The number of nitrogens with zero attached hydrogens (tertiary/aromatic N) is 7. The number of carbonyl (C=O) groups is 3. The maximum atomic E-state index is 14.0. The summed E-state index contributed by atoms with van der Waals surface area (Å²) in [4.78, 5) is 105. The Kier molecular flexibility index (Phi) is 20.1. The Morgan fingerprint density at radius 1 is 0.857 bits per heavy atom. The number of phenols is 1. The van der Waals surface area contributed by atoms with Gasteiger partial charge in [-0.1, -0.05) is 31.0 Å². The number of carbonyl (C=O) groups excluding carboxylic acids is 2. The van der Waals surface area contributed by atoms with Crippen LogP contribution in [0.3, 0.4) is 0 Å². The molecule has 6 heterocycles. The van der Waals surface area contributed by atoms with Crippen LogP contribution in [0.5, 0.6) is 11.5 Å². The summed E-state index contributed by atoms with van der Waals surface area (Å²) >= 11 is 0. The van der Waals surface area contributed by atoms with E-state index < -0.39 is 101 Å². The maximum absolute atomic E-state index is 14.0. The van der Waals surface area contributed by atoms with Gasteiger partial charge in [-0.2, -0.15) is 4.98 Å². The molecule has 482 valence electrons. The summed E-state index contributed by atoms with van der Waals surface area (Å²) < 4.78 is 74.7. The van der Waals surface area contributed by atoms with Gasteiger partial charge >= 0.3 is 27.3 Å². The molecule has 3 unspecified atom stereocenters. The van der Waals surface area contributed by atoms with Gasteiger partial charge in [-0.05, 0) is 85.0 Å². The number of rotatable bonds is 27. The number of carboxylic acid groups (broad SMARTS) is 1. The monoisotopic (exact) mass is 1300 g/mol. The van der Waals surface area contributed by atoms with Gasteiger partial charge in [0.2, 0.25) is 5.91 Å². The molecule has 3 aromatic carbocycles. The van der Waals surface area contributed by atoms with Crippen molar-refractivity contribution in [1.82, 2.24) is 39.7 Å². The third-order valence-electron chi connectivity index (χ3n) is 15.2. The van der Waals surface area contributed by atoms with Crippen molar-refractivity contribution in [3.05, 3.63) is 141 Å². The zero-order valence-corrected chi connectivity index (χ0v) is 50.8. The van der Waals surface area contributed by atoms with E-state index in [-0.39, 0.29) is 83.1 Å². The van der Waals surface area contributed by atoms with Gasteiger partial charge in [0.1, 0.15) is 65.6 Å². The molecule has 3 aliphatic heterocycles. The highest BCUT2D eigenvalue weighted by molar-refractivity contribution is 7.47. The van der Waals surface area contributed by atoms with E-state index in [0.717, 1.165) is 4.57 Å². The number of ether oxygens (including phenoxy) is 3. The molecular weight excluding hydrogens is 1230 g/mol. The molecular formula is C58H65N11O20P2. The van der Waals surface area contributed by atoms with Crippen LogP contribution in [0.15, 0.2) is 118 Å². The predicted octanol–water partition coefficient (Wildman–Crippen LogP) is 4.25. The molecule has 11 N–H and O–H groups in total. The summed E-state index contributed by atoms with van der Waals surface area (Å²) in [6, 6.07) is 18.3. The number of nitrogens with two attached hydrogens (primary N) is 2. The second kappa shape index (κ2) is 27.9. The standard InChI is InChI=1S/C58H65N11O20P2/c1-67(2)52-50-53(63-29-62-52)69(30-64-50)56-51(72)49(66-55(74)40(59)22-31-8-13-35(82-3)14-9-31)45(88-56)28-85-91(80,81)89-43-26-47(68-20-18-46(60)65-58(68)77)87-44(43)27-84-90(78,79)83-21-7-5-4-6-19-61-54(73)32-10-15-36(39(23-32)57(75)76)48-37-16-11-33(70)24-41(37)86-42-25-34(71)12-17-38(42)48/h8-18,20,23-25,29-30,40,43-45,47,49,51,56,70,72H,4-7,19,21-22,26-28,59H2,1-3H3,(H,61,73)(H,66,74)(H,75,76)(H,78,79)(H,80,81)(H2,60,65,77)/t40?,43-,44+,45+,47+,49+,51+,56+/m0/s1. The van der Waals surface area contributed by atoms with Crippen molar-refractivity contribution in [2.24, 2.45) is 5.73 Å². The van der Waals surface area contributed by atoms with Gasteiger partial charge in [0.15, 0.2) is 28.6 Å². The van der Waals surface area contributed by atoms with Gasteiger partial charge in [-0.25, -0.2) is 33.7 Å². The van der Waals surface area contributed by atoms with Gasteiger partial charge < -0.3 is 70.7 Å². The lowest BCUT2D eigenvalue weighted by Gasteiger charge is -2.25. The molecule has 2 amide bonds. The summed E-state index contributed by atoms with van der Waals surface area (Å²) in [5.74, 6) is -1.59. The van der Waals surface area contributed by atoms with E-state index in [2.05, 4.69) is 30.6 Å². The van der Waals surface area contributed by atoms with Crippen LogP contribution in [0.1, 0.15) is 70.8 Å². The van der Waals surface area contributed by atoms with Crippen LogP contribution in [0.25, 0.3) is 44.6 Å². The first-order valence-corrected chi connectivity index (χ1v) is 31.5. The molecule has 0 bridgehead atoms. The topological polar surface area (TPSA) is 439 Å². The van der Waals surface area contributed by atoms with Crippen LogP contribution in [0, 0.1) is 0 Å². The summed E-state index contributed by atoms with van der Waals surface area (Å²) in [6.07, 6.45) is -3.06. The second-order valence-corrected chi connectivity index (χ2v) is 24.5. The Balaban J connectivity index is 0.738. The number of aromatic hydroxyl groups is 1. The molecule has 6 aromatic rings. The fourth-order valence-electron chi connectivity index (χ4n) is 10.7. The fraction of sp³-hybridized carbons (Fsp3) is 0.362. The number of aromatic carboxylic acids is 1. The summed E-state index contributed by atoms with van der Waals surface area (Å²) in [5, 5.41) is 38.3. The molecule has 0 spiro atoms. The van der Waals surface area contributed by atoms with Crippen molar-refractivity contribution >= 4 is 67.2 Å². The molecule has 2 fully saturated rings. The number of phosphoric ester groups is 2. The number of amides is 2. The van der Waals surface area contributed by atoms with Crippen molar-refractivity contribution in [3.8, 4) is 33.9 Å². The number of imidazole rings is 1. The molecule has 3 aromatic heterocycles. The fourth-order valence-corrected chi connectivity index (χ4v) is 12.4. The number of phenolic OH excluding ortho intramolecular Hbond substituents is 1. The average Bonchev–Trinajstić information content (AvgIpc) is 1.66. The van der Waals surface area contributed by atoms with E-state index in [1.165, 1.54) is 85.1 Å². The van der Waals surface area contributed by atoms with Gasteiger partial charge in [-0.3, -0.25) is 41.6 Å². The minimum Gasteiger partial charge on any atom is -0.508 e. The highest BCUT2D eigenvalue weighted by atomic mass is 31.2. The largest absolute Gasteiger partial charge is 0.508 e. The van der Waals surface area contributed by atoms with Gasteiger partial charge in [0.25, 0.3) is 5.91 Å². The van der Waals surface area contributed by atoms with Crippen LogP contribution in [-0.2, 0) is 47.9 Å². The summed E-state index contributed by atoms with van der Waals surface area (Å²) in [7, 11) is -5.10. The van der Waals surface area contributed by atoms with E-state index >= 15 is 0 Å². The number of nitrogens with one attached hydrogen (secondary N) is 2. The van der Waals surface area contributed by atoms with E-state index in [0.29, 0.717) is 58.4 Å². The average molecular weight is 1300 g/mol. The Bertz CT molecular complexity index is 4170. The number of anilines is 2. The maximum Gasteiger partial charge on any atom is 0.472 e. The minimum atomic E-state index is -5.25. The van der Waals surface area contributed by atoms with Crippen LogP contribution in [0.4, 0.5) is 11.6 Å². The highest BCUT2D eigenvalue weighted by Crippen LogP contribution is 2.51. The van der Waals surface area contributed by atoms with Crippen molar-refractivity contribution < 1.29 is 85.3 Å². The van der Waals surface area contributed by atoms with Gasteiger partial charge in [-0.15, -0.1) is 0 Å². The molecule has 0 saturated carbocycles. The van der Waals surface area contributed by atoms with Crippen molar-refractivity contribution in [2.75, 3.05) is 58.2 Å². The first kappa shape index (κ1) is 65.4. The lowest BCUT2D eigenvalue weighted by Crippen LogP contribution is -2.53. The molecule has 10 rings (SSSR count). The van der Waals surface area contributed by atoms with Crippen LogP contribution >= 0.6 is 15.6 Å². The molecule has 4 aliphatic rings. The van der Waals surface area contributed by atoms with Gasteiger partial charge in [0, 0.05) is 67.5 Å². The number of fused-ring (bicyclic) bond motifs is 3. The quantitative estimate of drug-likeness (QED) is 0.0197. The first-order valence-electron chi connectivity index (χ1n) is 28.5. The number of carboxylic acids is 1. The van der Waals surface area contributed by atoms with E-state index in [4.69, 9.17) is 48.2 Å². The number of nitrogen functional groups attached to an aromatic ring is 1. The van der Waals surface area contributed by atoms with Crippen molar-refractivity contribution in [3.63, 3.8) is 0 Å². The van der Waals surface area contributed by atoms with Crippen molar-refractivity contribution in [1.29, 1.82) is 0 Å². The lowest BCUT2D eigenvalue weighted by atomic mass is 9.90. The predicted molar refractivity (Wildman–Crippen MR) is 324 cm³/mol. The number of benzene rings is 4. The number of unbranched alkanes of at least 4 members (excludes halogenated alkanes) is 3. The molecule has 1 aliphatic carbocycles. The number of aromatic nitrogens is 6. The zero-order valence-electron chi connectivity index (χ0n) is 49.0. The number of aliphatic hydroxyl groups excluding tert-OH is 1. The third kappa shape index (κ3) is 15.3. The Morgan fingerprint density at radius 3 is 2.35 bits per heavy atom. The molecule has 2 saturated heterocycles. The second-order valence-electron chi connectivity index (χ2n) is 21.6. The summed E-state index contributed by atoms with van der Waals surface area (Å²) in [6.45, 7) is -1.65. The minimum absolute atomic E-state index is 0.0654. The summed E-state index contributed by atoms with van der Waals surface area (Å²) in [5.41, 5.74) is 13.3. The van der Waals surface area contributed by atoms with Gasteiger partial charge in [0.05, 0.1) is 50.9 Å². The normalized spacial score (nSPS) is 20.7. The SMILES string of the molecule is COc1ccc(CC(N)C(=O)N[C@H]2[C@@H](O)[C@H](n3cnc4c(N(C)C)ncnc43)O[C@@H]2COP(=O)(O)O[C@H]2C[C@H](n3ccc(N)nc3=O)O[C@@H]2COP(=O)(O)OCCCCCCNC(=O)c2ccc(-c3c4ccc(=O)cc-4oc4cc(O)ccc34)c(C(=O)O)c2)cc1. The Hall–Kier alpha value is -8.55. The Labute approximate surface area is 517 Å². The smallest absolute Gasteiger partial charge is 0.472 e. The molecule has 10 atom stereocenters. The third-order valence-corrected chi connectivity index (χ3v) is 17.2. The number of hydrogen-bond donors (Lipinski definition) is 9. The number of phosphoric acid groups is 2. The van der Waals surface area contributed by atoms with E-state index in [1.807, 2.05) is 0 Å². The zero-order chi connectivity index (χ0) is 64.9. The first-order chi connectivity index (χ1) is 43.5. The van der Waals surface area contributed by atoms with Crippen LogP contribution < -0.4 is 42.9 Å². The lowest BCUT2D eigenvalue weighted by molar-refractivity contribution is -0.124. The number of methoxy groups -OCH3 is 1. The van der Waals surface area contributed by atoms with Crippen LogP contribution in [0.2, 0.25) is 0 Å². The molecule has 0 radical (unpaired) electrons. The molecule has 33 heteroatoms. The number of aliphatic hydroxyl groups is 1. The molecule has 31 nitrogen and oxygen atoms in total. The number of hydrogen-bond acceptors (Lipinski definition) is 24. The van der Waals surface area contributed by atoms with E-state index in [1.54, 1.807) is 49.3 Å². The van der Waals surface area contributed by atoms with Crippen LogP contribution in [-0.4, -0.2) is 156 Å². The molecule has 91 heavy (non-hydrogen) atoms. The highest BCUT2D eigenvalue weighted by Gasteiger charge is 2.49. The van der Waals surface area contributed by atoms with Crippen molar-refractivity contribution in [2.45, 2.75) is 87.5 Å².